The molecule has 1 aliphatic heterocycles. The summed E-state index contributed by atoms with van der Waals surface area (Å²) in [5, 5.41) is 11.2. The standard InChI is InChI=1S/C17H29F3N6O.2ClH/c1-3-24(4-2)11-12-25(10-7-17(18,19)20)16(27)15-13-26(23-22-15)14-5-8-21-9-6-14;;/h13-14,21H,3-12H2,1-2H3;2*1H. The Kier molecular flexibility index (Phi) is 12.7. The first-order valence-corrected chi connectivity index (χ1v) is 9.55. The van der Waals surface area contributed by atoms with Gasteiger partial charge in [0.05, 0.1) is 18.7 Å². The molecule has 0 atom stereocenters. The van der Waals surface area contributed by atoms with Gasteiger partial charge in [0, 0.05) is 19.6 Å². The second-order valence-electron chi connectivity index (χ2n) is 6.75. The normalized spacial score (nSPS) is 15.0. The predicted molar refractivity (Wildman–Crippen MR) is 110 cm³/mol. The summed E-state index contributed by atoms with van der Waals surface area (Å²) < 4.78 is 39.7. The first-order chi connectivity index (χ1) is 12.8. The number of likely N-dealkylation sites (N-methyl/N-ethyl adjacent to an activating group) is 1. The Morgan fingerprint density at radius 3 is 2.34 bits per heavy atom. The molecule has 1 saturated heterocycles. The van der Waals surface area contributed by atoms with Crippen LogP contribution in [0.15, 0.2) is 6.20 Å². The minimum Gasteiger partial charge on any atom is -0.336 e. The lowest BCUT2D eigenvalue weighted by atomic mass is 10.1. The maximum Gasteiger partial charge on any atom is 0.390 e. The predicted octanol–water partition coefficient (Wildman–Crippen LogP) is 2.78. The number of piperidine rings is 1. The van der Waals surface area contributed by atoms with E-state index in [2.05, 4.69) is 20.5 Å². The van der Waals surface area contributed by atoms with Crippen molar-refractivity contribution in [2.45, 2.75) is 45.3 Å². The molecule has 29 heavy (non-hydrogen) atoms. The van der Waals surface area contributed by atoms with E-state index in [1.165, 1.54) is 4.90 Å². The molecule has 1 fully saturated rings. The van der Waals surface area contributed by atoms with Crippen molar-refractivity contribution in [3.63, 3.8) is 0 Å². The monoisotopic (exact) mass is 462 g/mol. The van der Waals surface area contributed by atoms with Gasteiger partial charge in [0.15, 0.2) is 5.69 Å². The van der Waals surface area contributed by atoms with Crippen molar-refractivity contribution < 1.29 is 18.0 Å². The lowest BCUT2D eigenvalue weighted by Crippen LogP contribution is -2.40. The molecule has 1 aliphatic rings. The highest BCUT2D eigenvalue weighted by Crippen LogP contribution is 2.21. The third-order valence-electron chi connectivity index (χ3n) is 4.95. The van der Waals surface area contributed by atoms with E-state index in [1.54, 1.807) is 10.9 Å². The molecule has 0 saturated carbocycles. The Morgan fingerprint density at radius 1 is 1.17 bits per heavy atom. The zero-order valence-corrected chi connectivity index (χ0v) is 18.5. The lowest BCUT2D eigenvalue weighted by molar-refractivity contribution is -0.136. The highest BCUT2D eigenvalue weighted by atomic mass is 35.5. The number of carbonyl (C=O) groups excluding carboxylic acids is 1. The highest BCUT2D eigenvalue weighted by molar-refractivity contribution is 5.91. The Balaban J connectivity index is 0.00000392. The van der Waals surface area contributed by atoms with Gasteiger partial charge < -0.3 is 15.1 Å². The molecule has 2 heterocycles. The van der Waals surface area contributed by atoms with Crippen molar-refractivity contribution in [2.24, 2.45) is 0 Å². The summed E-state index contributed by atoms with van der Waals surface area (Å²) in [7, 11) is 0. The zero-order valence-electron chi connectivity index (χ0n) is 16.8. The Labute approximate surface area is 182 Å². The number of rotatable bonds is 9. The van der Waals surface area contributed by atoms with E-state index in [1.807, 2.05) is 13.8 Å². The number of nitrogens with one attached hydrogen (secondary N) is 1. The summed E-state index contributed by atoms with van der Waals surface area (Å²) in [6, 6.07) is 0.166. The fourth-order valence-corrected chi connectivity index (χ4v) is 3.16. The van der Waals surface area contributed by atoms with E-state index in [-0.39, 0.29) is 49.6 Å². The van der Waals surface area contributed by atoms with Crippen LogP contribution in [0.3, 0.4) is 0 Å². The Hall–Kier alpha value is -1.10. The average Bonchev–Trinajstić information content (AvgIpc) is 3.14. The fraction of sp³-hybridized carbons (Fsp3) is 0.824. The summed E-state index contributed by atoms with van der Waals surface area (Å²) in [4.78, 5) is 16.1. The van der Waals surface area contributed by atoms with Gasteiger partial charge >= 0.3 is 6.18 Å². The number of aromatic nitrogens is 3. The summed E-state index contributed by atoms with van der Waals surface area (Å²) in [6.07, 6.45) is -2.00. The summed E-state index contributed by atoms with van der Waals surface area (Å²) >= 11 is 0. The van der Waals surface area contributed by atoms with Crippen molar-refractivity contribution in [1.29, 1.82) is 0 Å². The SMILES string of the molecule is CCN(CC)CCN(CCC(F)(F)F)C(=O)c1cn(C2CCNCC2)nn1.Cl.Cl. The van der Waals surface area contributed by atoms with Gasteiger partial charge in [-0.05, 0) is 39.0 Å². The molecule has 12 heteroatoms. The van der Waals surface area contributed by atoms with E-state index >= 15 is 0 Å². The quantitative estimate of drug-likeness (QED) is 0.610. The molecule has 0 bridgehead atoms. The Bertz CT molecular complexity index is 592. The van der Waals surface area contributed by atoms with Gasteiger partial charge in [-0.3, -0.25) is 4.79 Å². The van der Waals surface area contributed by atoms with Crippen molar-refractivity contribution in [3.05, 3.63) is 11.9 Å². The van der Waals surface area contributed by atoms with Gasteiger partial charge in [-0.2, -0.15) is 13.2 Å². The topological polar surface area (TPSA) is 66.3 Å². The molecule has 1 N–H and O–H groups in total. The molecule has 7 nitrogen and oxygen atoms in total. The van der Waals surface area contributed by atoms with Crippen molar-refractivity contribution in [3.8, 4) is 0 Å². The van der Waals surface area contributed by atoms with E-state index in [9.17, 15) is 18.0 Å². The maximum absolute atomic E-state index is 12.8. The van der Waals surface area contributed by atoms with Crippen LogP contribution in [0.2, 0.25) is 0 Å². The summed E-state index contributed by atoms with van der Waals surface area (Å²) in [5.74, 6) is -0.494. The number of hydrogen-bond acceptors (Lipinski definition) is 5. The smallest absolute Gasteiger partial charge is 0.336 e. The molecule has 0 unspecified atom stereocenters. The molecule has 0 aliphatic carbocycles. The van der Waals surface area contributed by atoms with Gasteiger partial charge in [0.2, 0.25) is 0 Å². The van der Waals surface area contributed by atoms with Gasteiger partial charge in [-0.1, -0.05) is 19.1 Å². The van der Waals surface area contributed by atoms with Crippen molar-refractivity contribution in [1.82, 2.24) is 30.1 Å². The van der Waals surface area contributed by atoms with Crippen LogP contribution in [0, 0.1) is 0 Å². The molecule has 1 aromatic rings. The van der Waals surface area contributed by atoms with Crippen LogP contribution in [-0.4, -0.2) is 82.7 Å². The number of carbonyl (C=O) groups is 1. The van der Waals surface area contributed by atoms with Crippen LogP contribution < -0.4 is 5.32 Å². The third-order valence-corrected chi connectivity index (χ3v) is 4.95. The minimum absolute atomic E-state index is 0. The van der Waals surface area contributed by atoms with Gasteiger partial charge in [-0.15, -0.1) is 29.9 Å². The number of halogens is 5. The molecule has 0 radical (unpaired) electrons. The van der Waals surface area contributed by atoms with E-state index in [0.29, 0.717) is 6.54 Å². The fourth-order valence-electron chi connectivity index (χ4n) is 3.16. The van der Waals surface area contributed by atoms with Crippen LogP contribution in [-0.2, 0) is 0 Å². The van der Waals surface area contributed by atoms with Crippen molar-refractivity contribution >= 4 is 30.7 Å². The average molecular weight is 463 g/mol. The number of amides is 1. The van der Waals surface area contributed by atoms with Crippen LogP contribution in [0.1, 0.15) is 49.6 Å². The number of alkyl halides is 3. The molecular formula is C17H31Cl2F3N6O. The third kappa shape index (κ3) is 9.06. The largest absolute Gasteiger partial charge is 0.390 e. The molecule has 0 aromatic carbocycles. The maximum atomic E-state index is 12.8. The minimum atomic E-state index is -4.31. The molecule has 2 rings (SSSR count). The van der Waals surface area contributed by atoms with Gasteiger partial charge in [0.1, 0.15) is 0 Å². The van der Waals surface area contributed by atoms with Crippen LogP contribution in [0.5, 0.6) is 0 Å². The summed E-state index contributed by atoms with van der Waals surface area (Å²) in [5.41, 5.74) is 0.107. The zero-order chi connectivity index (χ0) is 19.9. The van der Waals surface area contributed by atoms with Crippen LogP contribution >= 0.6 is 24.8 Å². The Morgan fingerprint density at radius 2 is 1.79 bits per heavy atom. The van der Waals surface area contributed by atoms with Crippen molar-refractivity contribution in [2.75, 3.05) is 45.8 Å². The molecule has 1 aromatic heterocycles. The molecule has 1 amide bonds. The van der Waals surface area contributed by atoms with Crippen LogP contribution in [0.25, 0.3) is 0 Å². The van der Waals surface area contributed by atoms with Crippen LogP contribution in [0.4, 0.5) is 13.2 Å². The summed E-state index contributed by atoms with van der Waals surface area (Å²) in [6.45, 7) is 7.66. The molecular weight excluding hydrogens is 432 g/mol. The second kappa shape index (κ2) is 13.3. The van der Waals surface area contributed by atoms with E-state index in [0.717, 1.165) is 39.0 Å². The first kappa shape index (κ1) is 27.9. The molecule has 170 valence electrons. The molecule has 0 spiro atoms. The highest BCUT2D eigenvalue weighted by Gasteiger charge is 2.30. The second-order valence-corrected chi connectivity index (χ2v) is 6.75. The van der Waals surface area contributed by atoms with Gasteiger partial charge in [-0.25, -0.2) is 4.68 Å². The van der Waals surface area contributed by atoms with E-state index < -0.39 is 18.5 Å². The van der Waals surface area contributed by atoms with Gasteiger partial charge in [0.25, 0.3) is 5.91 Å². The van der Waals surface area contributed by atoms with E-state index in [4.69, 9.17) is 0 Å². The number of nitrogens with zero attached hydrogens (tertiary/aromatic N) is 5. The number of hydrogen-bond donors (Lipinski definition) is 1. The lowest BCUT2D eigenvalue weighted by Gasteiger charge is -2.26. The first-order valence-electron chi connectivity index (χ1n) is 9.55.